The van der Waals surface area contributed by atoms with Crippen molar-refractivity contribution >= 4 is 0 Å². The molecule has 2 nitrogen and oxygen atoms in total. The van der Waals surface area contributed by atoms with Crippen LogP contribution in [0.3, 0.4) is 0 Å². The molecule has 2 heterocycles. The Hall–Kier alpha value is -1.00. The van der Waals surface area contributed by atoms with E-state index < -0.39 is 11.6 Å². The maximum atomic E-state index is 13.3. The van der Waals surface area contributed by atoms with E-state index >= 15 is 0 Å². The first-order valence-electron chi connectivity index (χ1n) is 7.59. The molecule has 2 unspecified atom stereocenters. The Balaban J connectivity index is 1.68. The van der Waals surface area contributed by atoms with Gasteiger partial charge in [-0.3, -0.25) is 4.90 Å². The molecule has 0 spiro atoms. The van der Waals surface area contributed by atoms with Gasteiger partial charge in [-0.1, -0.05) is 13.0 Å². The van der Waals surface area contributed by atoms with E-state index in [-0.39, 0.29) is 0 Å². The highest BCUT2D eigenvalue weighted by atomic mass is 19.2. The van der Waals surface area contributed by atoms with Gasteiger partial charge in [0.05, 0.1) is 0 Å². The highest BCUT2D eigenvalue weighted by molar-refractivity contribution is 5.18. The Morgan fingerprint density at radius 2 is 1.85 bits per heavy atom. The normalized spacial score (nSPS) is 29.1. The number of hydrogen-bond donors (Lipinski definition) is 1. The van der Waals surface area contributed by atoms with Crippen LogP contribution in [0.1, 0.15) is 38.2 Å². The minimum absolute atomic E-state index is 0.562. The summed E-state index contributed by atoms with van der Waals surface area (Å²) < 4.78 is 26.3. The van der Waals surface area contributed by atoms with Gasteiger partial charge in [0.1, 0.15) is 0 Å². The van der Waals surface area contributed by atoms with Gasteiger partial charge in [0, 0.05) is 24.7 Å². The molecule has 2 saturated heterocycles. The summed E-state index contributed by atoms with van der Waals surface area (Å²) in [6, 6.07) is 6.11. The number of fused-ring (bicyclic) bond motifs is 2. The van der Waals surface area contributed by atoms with Gasteiger partial charge in [-0.05, 0) is 49.9 Å². The van der Waals surface area contributed by atoms with Crippen LogP contribution in [-0.4, -0.2) is 29.6 Å². The zero-order valence-corrected chi connectivity index (χ0v) is 11.9. The monoisotopic (exact) mass is 280 g/mol. The molecule has 1 aromatic carbocycles. The second-order valence-corrected chi connectivity index (χ2v) is 6.07. The van der Waals surface area contributed by atoms with Crippen LogP contribution in [0.5, 0.6) is 0 Å². The molecule has 0 aliphatic carbocycles. The van der Waals surface area contributed by atoms with Crippen LogP contribution in [0.25, 0.3) is 0 Å². The standard InChI is InChI=1S/C16H22F2N2/c1-2-20(10-11-3-6-15(17)16(18)7-11)14-8-12-4-5-13(9-14)19-12/h3,6-7,12-14,19H,2,4-5,8-10H2,1H3. The second kappa shape index (κ2) is 5.78. The fourth-order valence-electron chi connectivity index (χ4n) is 3.70. The minimum atomic E-state index is -0.767. The summed E-state index contributed by atoms with van der Waals surface area (Å²) in [6.45, 7) is 3.80. The maximum absolute atomic E-state index is 13.3. The summed E-state index contributed by atoms with van der Waals surface area (Å²) in [6.07, 6.45) is 4.91. The van der Waals surface area contributed by atoms with Crippen molar-refractivity contribution in [1.29, 1.82) is 0 Å². The van der Waals surface area contributed by atoms with Crippen molar-refractivity contribution in [3.63, 3.8) is 0 Å². The average molecular weight is 280 g/mol. The van der Waals surface area contributed by atoms with Crippen LogP contribution in [0.2, 0.25) is 0 Å². The van der Waals surface area contributed by atoms with Gasteiger partial charge in [-0.25, -0.2) is 8.78 Å². The predicted molar refractivity (Wildman–Crippen MR) is 75.4 cm³/mol. The molecule has 20 heavy (non-hydrogen) atoms. The fraction of sp³-hybridized carbons (Fsp3) is 0.625. The highest BCUT2D eigenvalue weighted by Gasteiger charge is 2.35. The molecule has 4 heteroatoms. The molecular formula is C16H22F2N2. The van der Waals surface area contributed by atoms with E-state index in [1.165, 1.54) is 37.8 Å². The van der Waals surface area contributed by atoms with E-state index in [0.717, 1.165) is 12.1 Å². The van der Waals surface area contributed by atoms with Crippen LogP contribution in [0.15, 0.2) is 18.2 Å². The number of piperidine rings is 1. The first-order valence-corrected chi connectivity index (χ1v) is 7.59. The smallest absolute Gasteiger partial charge is 0.159 e. The van der Waals surface area contributed by atoms with Crippen molar-refractivity contribution in [2.24, 2.45) is 0 Å². The van der Waals surface area contributed by atoms with E-state index in [4.69, 9.17) is 0 Å². The van der Waals surface area contributed by atoms with E-state index in [9.17, 15) is 8.78 Å². The Morgan fingerprint density at radius 3 is 2.45 bits per heavy atom. The Bertz CT molecular complexity index is 466. The molecule has 0 saturated carbocycles. The molecule has 0 radical (unpaired) electrons. The molecule has 1 aromatic rings. The molecule has 0 amide bonds. The van der Waals surface area contributed by atoms with Crippen molar-refractivity contribution in [2.45, 2.75) is 57.3 Å². The third-order valence-electron chi connectivity index (χ3n) is 4.74. The molecular weight excluding hydrogens is 258 g/mol. The number of hydrogen-bond acceptors (Lipinski definition) is 2. The van der Waals surface area contributed by atoms with Crippen molar-refractivity contribution in [2.75, 3.05) is 6.54 Å². The lowest BCUT2D eigenvalue weighted by atomic mass is 9.97. The zero-order valence-electron chi connectivity index (χ0n) is 11.9. The van der Waals surface area contributed by atoms with Gasteiger partial charge in [0.25, 0.3) is 0 Å². The lowest BCUT2D eigenvalue weighted by molar-refractivity contribution is 0.140. The van der Waals surface area contributed by atoms with Crippen LogP contribution in [0.4, 0.5) is 8.78 Å². The highest BCUT2D eigenvalue weighted by Crippen LogP contribution is 2.30. The first kappa shape index (κ1) is 14.0. The van der Waals surface area contributed by atoms with E-state index in [1.54, 1.807) is 6.07 Å². The van der Waals surface area contributed by atoms with E-state index in [2.05, 4.69) is 17.1 Å². The first-order chi connectivity index (χ1) is 9.65. The Morgan fingerprint density at radius 1 is 1.15 bits per heavy atom. The van der Waals surface area contributed by atoms with Crippen molar-refractivity contribution in [3.05, 3.63) is 35.4 Å². The van der Waals surface area contributed by atoms with Crippen LogP contribution < -0.4 is 5.32 Å². The van der Waals surface area contributed by atoms with Gasteiger partial charge in [0.15, 0.2) is 11.6 Å². The number of nitrogens with one attached hydrogen (secondary N) is 1. The van der Waals surface area contributed by atoms with Gasteiger partial charge in [0.2, 0.25) is 0 Å². The summed E-state index contributed by atoms with van der Waals surface area (Å²) in [4.78, 5) is 2.40. The molecule has 2 atom stereocenters. The maximum Gasteiger partial charge on any atom is 0.159 e. The summed E-state index contributed by atoms with van der Waals surface area (Å²) in [7, 11) is 0. The Labute approximate surface area is 119 Å². The van der Waals surface area contributed by atoms with Gasteiger partial charge < -0.3 is 5.32 Å². The summed E-state index contributed by atoms with van der Waals surface area (Å²) >= 11 is 0. The van der Waals surface area contributed by atoms with Crippen LogP contribution in [0, 0.1) is 11.6 Å². The molecule has 2 aliphatic heterocycles. The third-order valence-corrected chi connectivity index (χ3v) is 4.74. The van der Waals surface area contributed by atoms with Crippen LogP contribution in [-0.2, 0) is 6.54 Å². The molecule has 3 rings (SSSR count). The minimum Gasteiger partial charge on any atom is -0.311 e. The molecule has 1 N–H and O–H groups in total. The average Bonchev–Trinajstić information content (AvgIpc) is 2.78. The molecule has 2 fully saturated rings. The zero-order chi connectivity index (χ0) is 14.1. The topological polar surface area (TPSA) is 15.3 Å². The summed E-state index contributed by atoms with van der Waals surface area (Å²) in [5, 5.41) is 3.64. The van der Waals surface area contributed by atoms with E-state index in [0.29, 0.717) is 24.7 Å². The van der Waals surface area contributed by atoms with Crippen molar-refractivity contribution < 1.29 is 8.78 Å². The number of halogens is 2. The number of nitrogens with zero attached hydrogens (tertiary/aromatic N) is 1. The number of rotatable bonds is 4. The predicted octanol–water partition coefficient (Wildman–Crippen LogP) is 3.07. The molecule has 110 valence electrons. The quantitative estimate of drug-likeness (QED) is 0.912. The molecule has 0 aromatic heterocycles. The largest absolute Gasteiger partial charge is 0.311 e. The lowest BCUT2D eigenvalue weighted by Gasteiger charge is -2.37. The second-order valence-electron chi connectivity index (χ2n) is 6.07. The number of benzene rings is 1. The van der Waals surface area contributed by atoms with Crippen LogP contribution >= 0.6 is 0 Å². The summed E-state index contributed by atoms with van der Waals surface area (Å²) in [5.74, 6) is -1.51. The van der Waals surface area contributed by atoms with Gasteiger partial charge >= 0.3 is 0 Å². The molecule has 2 bridgehead atoms. The fourth-order valence-corrected chi connectivity index (χ4v) is 3.70. The van der Waals surface area contributed by atoms with Crippen molar-refractivity contribution in [1.82, 2.24) is 10.2 Å². The SMILES string of the molecule is CCN(Cc1ccc(F)c(F)c1)C1CC2CCC(C1)N2. The third kappa shape index (κ3) is 2.86. The molecule has 2 aliphatic rings. The van der Waals surface area contributed by atoms with Gasteiger partial charge in [-0.15, -0.1) is 0 Å². The summed E-state index contributed by atoms with van der Waals surface area (Å²) in [5.41, 5.74) is 0.858. The van der Waals surface area contributed by atoms with Gasteiger partial charge in [-0.2, -0.15) is 0 Å². The Kier molecular flexibility index (Phi) is 4.03. The van der Waals surface area contributed by atoms with Crippen molar-refractivity contribution in [3.8, 4) is 0 Å². The van der Waals surface area contributed by atoms with E-state index in [1.807, 2.05) is 0 Å². The lowest BCUT2D eigenvalue weighted by Crippen LogP contribution is -2.47.